The topological polar surface area (TPSA) is 60.2 Å². The molecule has 4 nitrogen and oxygen atoms in total. The molecule has 96 valence electrons. The van der Waals surface area contributed by atoms with Crippen molar-refractivity contribution < 1.29 is 9.13 Å². The van der Waals surface area contributed by atoms with E-state index in [0.717, 1.165) is 10.5 Å². The quantitative estimate of drug-likeness (QED) is 0.633. The van der Waals surface area contributed by atoms with Crippen molar-refractivity contribution in [1.82, 2.24) is 0 Å². The molecule has 0 spiro atoms. The maximum Gasteiger partial charge on any atom is 0.269 e. The average molecular weight is 273 g/mol. The Bertz CT molecular complexity index is 621. The average Bonchev–Trinajstić information content (AvgIpc) is 2.46. The largest absolute Gasteiger partial charge is 0.269 e. The highest BCUT2D eigenvalue weighted by Gasteiger charge is 2.02. The number of benzene rings is 2. The van der Waals surface area contributed by atoms with Crippen molar-refractivity contribution in [3.63, 3.8) is 0 Å². The fourth-order valence-corrected chi connectivity index (χ4v) is 2.34. The summed E-state index contributed by atoms with van der Waals surface area (Å²) >= 11 is 0. The van der Waals surface area contributed by atoms with Crippen LogP contribution in [0.3, 0.4) is 0 Å². The molecule has 0 aliphatic heterocycles. The van der Waals surface area contributed by atoms with E-state index < -0.39 is 15.7 Å². The van der Waals surface area contributed by atoms with E-state index in [0.29, 0.717) is 0 Å². The molecule has 2 aromatic rings. The molecule has 0 heterocycles. The van der Waals surface area contributed by atoms with Crippen LogP contribution in [0.2, 0.25) is 0 Å². The zero-order valence-electron chi connectivity index (χ0n) is 9.93. The third kappa shape index (κ3) is 3.59. The van der Waals surface area contributed by atoms with Crippen molar-refractivity contribution in [2.45, 2.75) is 4.90 Å². The van der Waals surface area contributed by atoms with E-state index in [-0.39, 0.29) is 5.69 Å². The van der Waals surface area contributed by atoms with Crippen molar-refractivity contribution in [1.29, 1.82) is 0 Å². The summed E-state index contributed by atoms with van der Waals surface area (Å²) in [7, 11) is -1.21. The first kappa shape index (κ1) is 13.2. The first-order chi connectivity index (χ1) is 9.16. The highest BCUT2D eigenvalue weighted by Crippen LogP contribution is 2.14. The number of hydrogen-bond donors (Lipinski definition) is 0. The van der Waals surface area contributed by atoms with Crippen LogP contribution in [0.1, 0.15) is 5.56 Å². The van der Waals surface area contributed by atoms with Crippen molar-refractivity contribution in [2.75, 3.05) is 0 Å². The minimum Gasteiger partial charge on any atom is -0.258 e. The number of rotatable bonds is 4. The van der Waals surface area contributed by atoms with Gasteiger partial charge in [-0.25, -0.2) is 4.21 Å². The fourth-order valence-electron chi connectivity index (χ4n) is 1.48. The van der Waals surface area contributed by atoms with E-state index in [1.54, 1.807) is 35.7 Å². The van der Waals surface area contributed by atoms with Crippen molar-refractivity contribution >= 4 is 22.6 Å². The van der Waals surface area contributed by atoms with E-state index in [2.05, 4.69) is 0 Å². The second kappa shape index (κ2) is 6.06. The Balaban J connectivity index is 2.10. The van der Waals surface area contributed by atoms with Gasteiger partial charge in [-0.05, 0) is 35.9 Å². The Hall–Kier alpha value is -2.27. The second-order valence-corrected chi connectivity index (χ2v) is 5.10. The van der Waals surface area contributed by atoms with Gasteiger partial charge in [0.05, 0.1) is 15.7 Å². The molecular formula is C14H11NO3S. The van der Waals surface area contributed by atoms with Crippen LogP contribution in [0.15, 0.2) is 64.9 Å². The smallest absolute Gasteiger partial charge is 0.258 e. The lowest BCUT2D eigenvalue weighted by Crippen LogP contribution is -1.87. The van der Waals surface area contributed by atoms with Crippen molar-refractivity contribution in [2.24, 2.45) is 0 Å². The van der Waals surface area contributed by atoms with Crippen LogP contribution in [0.4, 0.5) is 5.69 Å². The molecule has 0 bridgehead atoms. The van der Waals surface area contributed by atoms with Gasteiger partial charge in [-0.1, -0.05) is 18.2 Å². The van der Waals surface area contributed by atoms with Crippen LogP contribution in [-0.4, -0.2) is 9.13 Å². The van der Waals surface area contributed by atoms with Gasteiger partial charge in [-0.15, -0.1) is 0 Å². The predicted octanol–water partition coefficient (Wildman–Crippen LogP) is 3.37. The molecule has 0 radical (unpaired) electrons. The second-order valence-electron chi connectivity index (χ2n) is 3.76. The SMILES string of the molecule is O=[N+]([O-])c1ccc(/C=C\[S@@](=O)c2ccccc2)cc1. The van der Waals surface area contributed by atoms with Crippen molar-refractivity contribution in [3.05, 3.63) is 75.7 Å². The third-order valence-electron chi connectivity index (χ3n) is 2.46. The Kier molecular flexibility index (Phi) is 4.20. The monoisotopic (exact) mass is 273 g/mol. The fraction of sp³-hybridized carbons (Fsp3) is 0. The van der Waals surface area contributed by atoms with Crippen LogP contribution in [0, 0.1) is 10.1 Å². The molecule has 0 unspecified atom stereocenters. The number of nitrogens with zero attached hydrogens (tertiary/aromatic N) is 1. The maximum atomic E-state index is 11.9. The predicted molar refractivity (Wildman–Crippen MR) is 75.0 cm³/mol. The molecule has 2 rings (SSSR count). The van der Waals surface area contributed by atoms with E-state index in [1.165, 1.54) is 12.1 Å². The highest BCUT2D eigenvalue weighted by atomic mass is 32.2. The van der Waals surface area contributed by atoms with E-state index in [9.17, 15) is 14.3 Å². The normalized spacial score (nSPS) is 12.4. The summed E-state index contributed by atoms with van der Waals surface area (Å²) in [4.78, 5) is 10.8. The summed E-state index contributed by atoms with van der Waals surface area (Å²) in [6.07, 6.45) is 1.69. The van der Waals surface area contributed by atoms with E-state index in [4.69, 9.17) is 0 Å². The van der Waals surface area contributed by atoms with Crippen molar-refractivity contribution in [3.8, 4) is 0 Å². The number of hydrogen-bond acceptors (Lipinski definition) is 3. The Labute approximate surface area is 113 Å². The molecule has 0 fully saturated rings. The van der Waals surface area contributed by atoms with Gasteiger partial charge in [-0.3, -0.25) is 10.1 Å². The van der Waals surface area contributed by atoms with Gasteiger partial charge in [0.25, 0.3) is 5.69 Å². The lowest BCUT2D eigenvalue weighted by Gasteiger charge is -1.96. The first-order valence-corrected chi connectivity index (χ1v) is 6.76. The van der Waals surface area contributed by atoms with Gasteiger partial charge in [0.2, 0.25) is 0 Å². The standard InChI is InChI=1S/C14H11NO3S/c16-15(17)13-8-6-12(7-9-13)10-11-19(18)14-4-2-1-3-5-14/h1-11H/b11-10-/t19-/m1/s1. The van der Waals surface area contributed by atoms with Gasteiger partial charge in [-0.2, -0.15) is 0 Å². The molecule has 2 aromatic carbocycles. The van der Waals surface area contributed by atoms with Crippen LogP contribution >= 0.6 is 0 Å². The van der Waals surface area contributed by atoms with Gasteiger partial charge in [0.15, 0.2) is 0 Å². The molecule has 0 aliphatic rings. The Morgan fingerprint density at radius 1 is 1.00 bits per heavy atom. The molecule has 0 saturated carbocycles. The zero-order valence-corrected chi connectivity index (χ0v) is 10.7. The molecule has 5 heteroatoms. The van der Waals surface area contributed by atoms with Crippen LogP contribution in [0.25, 0.3) is 6.08 Å². The van der Waals surface area contributed by atoms with Crippen LogP contribution < -0.4 is 0 Å². The first-order valence-electron chi connectivity index (χ1n) is 5.55. The maximum absolute atomic E-state index is 11.9. The third-order valence-corrected chi connectivity index (χ3v) is 3.58. The summed E-state index contributed by atoms with van der Waals surface area (Å²) in [5.41, 5.74) is 0.816. The lowest BCUT2D eigenvalue weighted by atomic mass is 10.2. The summed E-state index contributed by atoms with van der Waals surface area (Å²) in [6.45, 7) is 0. The number of nitro benzene ring substituents is 1. The molecule has 19 heavy (non-hydrogen) atoms. The Morgan fingerprint density at radius 3 is 2.21 bits per heavy atom. The molecular weight excluding hydrogens is 262 g/mol. The van der Waals surface area contributed by atoms with E-state index in [1.807, 2.05) is 18.2 Å². The molecule has 0 amide bonds. The van der Waals surface area contributed by atoms with Gasteiger partial charge < -0.3 is 0 Å². The minimum absolute atomic E-state index is 0.0429. The molecule has 1 atom stereocenters. The van der Waals surface area contributed by atoms with Gasteiger partial charge in [0.1, 0.15) is 0 Å². The van der Waals surface area contributed by atoms with Crippen LogP contribution in [-0.2, 0) is 10.8 Å². The number of non-ortho nitro benzene ring substituents is 1. The number of nitro groups is 1. The summed E-state index contributed by atoms with van der Waals surface area (Å²) < 4.78 is 11.9. The summed E-state index contributed by atoms with van der Waals surface area (Å²) in [5.74, 6) is 0. The minimum atomic E-state index is -1.21. The molecule has 0 aliphatic carbocycles. The van der Waals surface area contributed by atoms with Gasteiger partial charge >= 0.3 is 0 Å². The Morgan fingerprint density at radius 2 is 1.63 bits per heavy atom. The zero-order chi connectivity index (χ0) is 13.7. The molecule has 0 saturated heterocycles. The highest BCUT2D eigenvalue weighted by molar-refractivity contribution is 7.88. The van der Waals surface area contributed by atoms with Gasteiger partial charge in [0, 0.05) is 22.4 Å². The lowest BCUT2D eigenvalue weighted by molar-refractivity contribution is -0.384. The molecule has 0 N–H and O–H groups in total. The summed E-state index contributed by atoms with van der Waals surface area (Å²) in [5, 5.41) is 12.1. The van der Waals surface area contributed by atoms with E-state index >= 15 is 0 Å². The van der Waals surface area contributed by atoms with Crippen LogP contribution in [0.5, 0.6) is 0 Å². The summed E-state index contributed by atoms with van der Waals surface area (Å²) in [6, 6.07) is 15.2. The molecule has 0 aromatic heterocycles.